The van der Waals surface area contributed by atoms with E-state index in [1.165, 1.54) is 17.5 Å². The number of hydrogen-bond acceptors (Lipinski definition) is 5. The zero-order chi connectivity index (χ0) is 16.8. The highest BCUT2D eigenvalue weighted by molar-refractivity contribution is 7.71. The lowest BCUT2D eigenvalue weighted by atomic mass is 10.3. The first-order chi connectivity index (χ1) is 11.5. The maximum Gasteiger partial charge on any atom is 0.199 e. The molecule has 4 rings (SSSR count). The molecule has 0 amide bonds. The first-order valence-electron chi connectivity index (χ1n) is 8.26. The Morgan fingerprint density at radius 3 is 2.83 bits per heavy atom. The van der Waals surface area contributed by atoms with Gasteiger partial charge in [-0.2, -0.15) is 5.10 Å². The number of aromatic nitrogens is 4. The third-order valence-corrected chi connectivity index (χ3v) is 6.25. The third-order valence-electron chi connectivity index (χ3n) is 4.64. The fraction of sp³-hybridized carbons (Fsp3) is 0.471. The number of para-hydroxylation sites is 1. The Hall–Kier alpha value is -1.57. The highest BCUT2D eigenvalue weighted by Crippen LogP contribution is 2.36. The van der Waals surface area contributed by atoms with Crippen molar-refractivity contribution in [2.45, 2.75) is 45.4 Å². The molecule has 1 aliphatic carbocycles. The summed E-state index contributed by atoms with van der Waals surface area (Å²) >= 11 is 7.38. The van der Waals surface area contributed by atoms with Crippen LogP contribution in [0.3, 0.4) is 0 Å². The number of rotatable bonds is 5. The van der Waals surface area contributed by atoms with Crippen LogP contribution in [0, 0.1) is 11.7 Å². The minimum Gasteiger partial charge on any atom is -0.301 e. The van der Waals surface area contributed by atoms with Crippen LogP contribution in [-0.4, -0.2) is 31.3 Å². The van der Waals surface area contributed by atoms with E-state index < -0.39 is 0 Å². The number of aryl methyl sites for hydroxylation is 1. The van der Waals surface area contributed by atoms with Crippen LogP contribution < -0.4 is 0 Å². The van der Waals surface area contributed by atoms with E-state index in [9.17, 15) is 0 Å². The predicted molar refractivity (Wildman–Crippen MR) is 99.9 cm³/mol. The van der Waals surface area contributed by atoms with E-state index in [-0.39, 0.29) is 6.04 Å². The molecule has 3 aromatic rings. The number of fused-ring (bicyclic) bond motifs is 1. The third kappa shape index (κ3) is 2.81. The summed E-state index contributed by atoms with van der Waals surface area (Å²) in [6.07, 6.45) is 2.44. The largest absolute Gasteiger partial charge is 0.301 e. The van der Waals surface area contributed by atoms with Crippen molar-refractivity contribution in [3.63, 3.8) is 0 Å². The quantitative estimate of drug-likeness (QED) is 0.636. The van der Waals surface area contributed by atoms with Crippen LogP contribution in [0.2, 0.25) is 0 Å². The topological polar surface area (TPSA) is 38.9 Å². The summed E-state index contributed by atoms with van der Waals surface area (Å²) in [5.41, 5.74) is 1.07. The lowest BCUT2D eigenvalue weighted by Gasteiger charge is -2.22. The highest BCUT2D eigenvalue weighted by atomic mass is 32.1. The highest BCUT2D eigenvalue weighted by Gasteiger charge is 2.27. The monoisotopic (exact) mass is 359 g/mol. The minimum absolute atomic E-state index is 0.218. The Morgan fingerprint density at radius 1 is 1.38 bits per heavy atom. The zero-order valence-electron chi connectivity index (χ0n) is 14.1. The SMILES string of the molecule is Cc1nn(CN(C)C(C)c2nc3ccccc3s2)c(=S)n1C1CC1. The van der Waals surface area contributed by atoms with Gasteiger partial charge in [0.15, 0.2) is 4.77 Å². The van der Waals surface area contributed by atoms with Crippen LogP contribution in [0.5, 0.6) is 0 Å². The molecule has 0 saturated heterocycles. The van der Waals surface area contributed by atoms with Crippen molar-refractivity contribution in [1.29, 1.82) is 0 Å². The summed E-state index contributed by atoms with van der Waals surface area (Å²) in [6.45, 7) is 4.91. The summed E-state index contributed by atoms with van der Waals surface area (Å²) < 4.78 is 6.20. The average Bonchev–Trinajstić information content (AvgIpc) is 3.23. The van der Waals surface area contributed by atoms with E-state index in [0.29, 0.717) is 12.7 Å². The van der Waals surface area contributed by atoms with Crippen molar-refractivity contribution in [3.8, 4) is 0 Å². The lowest BCUT2D eigenvalue weighted by Crippen LogP contribution is -2.26. The van der Waals surface area contributed by atoms with Gasteiger partial charge < -0.3 is 4.57 Å². The number of nitrogens with zero attached hydrogens (tertiary/aromatic N) is 5. The van der Waals surface area contributed by atoms with Crippen molar-refractivity contribution in [1.82, 2.24) is 24.2 Å². The van der Waals surface area contributed by atoms with Crippen molar-refractivity contribution in [3.05, 3.63) is 39.9 Å². The van der Waals surface area contributed by atoms with Gasteiger partial charge in [0.2, 0.25) is 0 Å². The first kappa shape index (κ1) is 15.9. The maximum absolute atomic E-state index is 5.63. The Balaban J connectivity index is 1.56. The fourth-order valence-electron chi connectivity index (χ4n) is 2.96. The molecule has 1 saturated carbocycles. The first-order valence-corrected chi connectivity index (χ1v) is 9.48. The number of thiazole rings is 1. The van der Waals surface area contributed by atoms with Crippen LogP contribution in [0.15, 0.2) is 24.3 Å². The Kier molecular flexibility index (Phi) is 4.02. The standard InChI is InChI=1S/C17H21N5S2/c1-11(16-18-14-6-4-5-7-15(14)24-16)20(3)10-21-17(23)22(12(2)19-21)13-8-9-13/h4-7,11,13H,8-10H2,1-3H3. The molecule has 1 aliphatic rings. The molecule has 0 spiro atoms. The van der Waals surface area contributed by atoms with Gasteiger partial charge in [-0.15, -0.1) is 11.3 Å². The molecule has 0 bridgehead atoms. The van der Waals surface area contributed by atoms with Crippen LogP contribution in [0.25, 0.3) is 10.2 Å². The summed E-state index contributed by atoms with van der Waals surface area (Å²) in [6, 6.07) is 9.07. The maximum atomic E-state index is 5.63. The number of hydrogen-bond donors (Lipinski definition) is 0. The summed E-state index contributed by atoms with van der Waals surface area (Å²) in [7, 11) is 2.10. The molecule has 0 N–H and O–H groups in total. The molecule has 24 heavy (non-hydrogen) atoms. The molecule has 0 aliphatic heterocycles. The second-order valence-electron chi connectivity index (χ2n) is 6.52. The van der Waals surface area contributed by atoms with Crippen LogP contribution in [0.4, 0.5) is 0 Å². The Bertz CT molecular complexity index is 901. The molecule has 126 valence electrons. The molecule has 2 heterocycles. The fourth-order valence-corrected chi connectivity index (χ4v) is 4.43. The van der Waals surface area contributed by atoms with Gasteiger partial charge in [-0.25, -0.2) is 9.67 Å². The summed E-state index contributed by atoms with van der Waals surface area (Å²) in [5, 5.41) is 5.78. The molecule has 1 atom stereocenters. The van der Waals surface area contributed by atoms with Gasteiger partial charge in [-0.05, 0) is 58.1 Å². The van der Waals surface area contributed by atoms with Crippen molar-refractivity contribution in [2.75, 3.05) is 7.05 Å². The van der Waals surface area contributed by atoms with E-state index in [4.69, 9.17) is 17.2 Å². The lowest BCUT2D eigenvalue weighted by molar-refractivity contribution is 0.194. The molecule has 1 unspecified atom stereocenters. The molecule has 2 aromatic heterocycles. The van der Waals surface area contributed by atoms with Gasteiger partial charge in [0, 0.05) is 6.04 Å². The van der Waals surface area contributed by atoms with Crippen molar-refractivity contribution in [2.24, 2.45) is 0 Å². The molecule has 1 aromatic carbocycles. The Labute approximate surface area is 150 Å². The van der Waals surface area contributed by atoms with E-state index >= 15 is 0 Å². The van der Waals surface area contributed by atoms with Crippen molar-refractivity contribution >= 4 is 33.8 Å². The smallest absolute Gasteiger partial charge is 0.199 e. The molecule has 0 radical (unpaired) electrons. The number of benzene rings is 1. The van der Waals surface area contributed by atoms with Gasteiger partial charge in [0.1, 0.15) is 10.8 Å². The van der Waals surface area contributed by atoms with Gasteiger partial charge in [0.25, 0.3) is 0 Å². The van der Waals surface area contributed by atoms with Gasteiger partial charge in [-0.3, -0.25) is 4.90 Å². The van der Waals surface area contributed by atoms with E-state index in [1.54, 1.807) is 11.3 Å². The molecule has 5 nitrogen and oxygen atoms in total. The molecule has 1 fully saturated rings. The normalized spacial score (nSPS) is 16.2. The summed E-state index contributed by atoms with van der Waals surface area (Å²) in [4.78, 5) is 7.02. The van der Waals surface area contributed by atoms with Gasteiger partial charge >= 0.3 is 0 Å². The Morgan fingerprint density at radius 2 is 2.12 bits per heavy atom. The second-order valence-corrected chi connectivity index (χ2v) is 7.95. The average molecular weight is 360 g/mol. The molecular weight excluding hydrogens is 338 g/mol. The van der Waals surface area contributed by atoms with E-state index in [2.05, 4.69) is 46.7 Å². The van der Waals surface area contributed by atoms with Crippen LogP contribution >= 0.6 is 23.6 Å². The van der Waals surface area contributed by atoms with Crippen molar-refractivity contribution < 1.29 is 0 Å². The van der Waals surface area contributed by atoms with Crippen LogP contribution in [-0.2, 0) is 6.67 Å². The molecule has 7 heteroatoms. The minimum atomic E-state index is 0.218. The predicted octanol–water partition coefficient (Wildman–Crippen LogP) is 4.32. The summed E-state index contributed by atoms with van der Waals surface area (Å²) in [5.74, 6) is 1.02. The van der Waals surface area contributed by atoms with Gasteiger partial charge in [-0.1, -0.05) is 12.1 Å². The van der Waals surface area contributed by atoms with Crippen LogP contribution in [0.1, 0.15) is 42.7 Å². The zero-order valence-corrected chi connectivity index (χ0v) is 15.8. The van der Waals surface area contributed by atoms with E-state index in [0.717, 1.165) is 21.1 Å². The van der Waals surface area contributed by atoms with E-state index in [1.807, 2.05) is 17.7 Å². The molecular formula is C17H21N5S2. The second kappa shape index (κ2) is 6.06. The van der Waals surface area contributed by atoms with Gasteiger partial charge in [0.05, 0.1) is 22.9 Å².